The lowest BCUT2D eigenvalue weighted by Gasteiger charge is -2.34. The Morgan fingerprint density at radius 3 is 2.68 bits per heavy atom. The molecule has 22 heavy (non-hydrogen) atoms. The zero-order valence-corrected chi connectivity index (χ0v) is 13.3. The highest BCUT2D eigenvalue weighted by Crippen LogP contribution is 2.35. The third kappa shape index (κ3) is 2.87. The first kappa shape index (κ1) is 15.1. The molecular formula is C16H20ClN5. The third-order valence-corrected chi connectivity index (χ3v) is 4.74. The van der Waals surface area contributed by atoms with E-state index in [1.807, 2.05) is 0 Å². The van der Waals surface area contributed by atoms with E-state index < -0.39 is 0 Å². The van der Waals surface area contributed by atoms with Crippen molar-refractivity contribution in [3.05, 3.63) is 46.6 Å². The van der Waals surface area contributed by atoms with E-state index in [0.717, 1.165) is 31.6 Å². The molecule has 3 N–H and O–H groups in total. The number of halogens is 1. The number of nitrogens with two attached hydrogens (primary N) is 1. The van der Waals surface area contributed by atoms with Gasteiger partial charge >= 0.3 is 0 Å². The van der Waals surface area contributed by atoms with Crippen LogP contribution < -0.4 is 16.2 Å². The Balaban J connectivity index is 1.74. The Hall–Kier alpha value is -1.85. The zero-order chi connectivity index (χ0) is 15.5. The Kier molecular flexibility index (Phi) is 4.45. The minimum Gasteiger partial charge on any atom is -0.369 e. The van der Waals surface area contributed by atoms with Crippen LogP contribution in [-0.4, -0.2) is 23.3 Å². The van der Waals surface area contributed by atoms with Crippen LogP contribution in [0, 0.1) is 6.92 Å². The molecule has 1 saturated heterocycles. The van der Waals surface area contributed by atoms with Gasteiger partial charge in [-0.15, -0.1) is 5.10 Å². The van der Waals surface area contributed by atoms with E-state index in [9.17, 15) is 0 Å². The summed E-state index contributed by atoms with van der Waals surface area (Å²) in [7, 11) is 0. The predicted molar refractivity (Wildman–Crippen MR) is 90.2 cm³/mol. The van der Waals surface area contributed by atoms with Gasteiger partial charge in [-0.1, -0.05) is 35.9 Å². The number of rotatable bonds is 3. The van der Waals surface area contributed by atoms with Crippen LogP contribution in [0.2, 0.25) is 5.02 Å². The van der Waals surface area contributed by atoms with Crippen molar-refractivity contribution in [2.75, 3.05) is 23.4 Å². The van der Waals surface area contributed by atoms with Gasteiger partial charge in [-0.3, -0.25) is 0 Å². The summed E-state index contributed by atoms with van der Waals surface area (Å²) >= 11 is 6.33. The number of hydrogen-bond donors (Lipinski definition) is 2. The Labute approximate surface area is 135 Å². The number of nitrogen functional groups attached to an aromatic ring is 1. The summed E-state index contributed by atoms with van der Waals surface area (Å²) < 4.78 is 0. The van der Waals surface area contributed by atoms with Crippen LogP contribution in [0.15, 0.2) is 30.5 Å². The number of anilines is 2. The van der Waals surface area contributed by atoms with E-state index in [-0.39, 0.29) is 0 Å². The average Bonchev–Trinajstić information content (AvgIpc) is 2.56. The third-order valence-electron chi connectivity index (χ3n) is 4.37. The van der Waals surface area contributed by atoms with Gasteiger partial charge in [0.1, 0.15) is 5.02 Å². The van der Waals surface area contributed by atoms with Crippen molar-refractivity contribution in [3.8, 4) is 0 Å². The number of hydrazine groups is 1. The van der Waals surface area contributed by atoms with Crippen molar-refractivity contribution >= 4 is 23.1 Å². The van der Waals surface area contributed by atoms with E-state index in [2.05, 4.69) is 51.7 Å². The highest BCUT2D eigenvalue weighted by atomic mass is 35.5. The molecule has 0 radical (unpaired) electrons. The van der Waals surface area contributed by atoms with Gasteiger partial charge in [0.15, 0.2) is 5.82 Å². The average molecular weight is 318 g/mol. The van der Waals surface area contributed by atoms with Crippen molar-refractivity contribution in [1.29, 1.82) is 0 Å². The smallest absolute Gasteiger partial charge is 0.183 e. The van der Waals surface area contributed by atoms with Gasteiger partial charge in [0.25, 0.3) is 0 Å². The standard InChI is InChI=1S/C16H20ClN5/c1-11-4-2-3-5-13(11)12-6-8-22(9-7-12)14-10-19-21-16(20-18)15(14)17/h2-5,10,12H,6-9,18H2,1H3,(H,20,21). The SMILES string of the molecule is Cc1ccccc1C1CCN(c2cnnc(NN)c2Cl)CC1. The van der Waals surface area contributed by atoms with Crippen LogP contribution in [0.25, 0.3) is 0 Å². The van der Waals surface area contributed by atoms with Crippen LogP contribution in [0.5, 0.6) is 0 Å². The number of aryl methyl sites for hydroxylation is 1. The maximum absolute atomic E-state index is 6.33. The van der Waals surface area contributed by atoms with Gasteiger partial charge in [0.2, 0.25) is 0 Å². The first-order chi connectivity index (χ1) is 10.7. The lowest BCUT2D eigenvalue weighted by molar-refractivity contribution is 0.503. The number of nitrogens with one attached hydrogen (secondary N) is 1. The molecule has 2 heterocycles. The van der Waals surface area contributed by atoms with Crippen LogP contribution >= 0.6 is 11.6 Å². The normalized spacial score (nSPS) is 15.9. The first-order valence-corrected chi connectivity index (χ1v) is 7.86. The zero-order valence-electron chi connectivity index (χ0n) is 12.6. The van der Waals surface area contributed by atoms with Gasteiger partial charge in [0, 0.05) is 13.1 Å². The predicted octanol–water partition coefficient (Wildman–Crippen LogP) is 3.11. The Morgan fingerprint density at radius 2 is 2.00 bits per heavy atom. The summed E-state index contributed by atoms with van der Waals surface area (Å²) in [6.07, 6.45) is 3.92. The molecule has 0 unspecified atom stereocenters. The van der Waals surface area contributed by atoms with E-state index in [4.69, 9.17) is 17.4 Å². The quantitative estimate of drug-likeness (QED) is 0.672. The second-order valence-corrected chi connectivity index (χ2v) is 6.03. The summed E-state index contributed by atoms with van der Waals surface area (Å²) in [5.41, 5.74) is 6.22. The van der Waals surface area contributed by atoms with E-state index >= 15 is 0 Å². The summed E-state index contributed by atoms with van der Waals surface area (Å²) in [5, 5.41) is 8.38. The highest BCUT2D eigenvalue weighted by Gasteiger charge is 2.24. The van der Waals surface area contributed by atoms with E-state index in [0.29, 0.717) is 16.8 Å². The molecule has 116 valence electrons. The molecule has 0 spiro atoms. The minimum atomic E-state index is 0.417. The molecule has 1 fully saturated rings. The molecule has 0 bridgehead atoms. The fourth-order valence-electron chi connectivity index (χ4n) is 3.15. The lowest BCUT2D eigenvalue weighted by atomic mass is 9.87. The molecule has 0 aliphatic carbocycles. The molecular weight excluding hydrogens is 298 g/mol. The number of benzene rings is 1. The molecule has 0 saturated carbocycles. The molecule has 1 aliphatic rings. The molecule has 0 amide bonds. The number of aromatic nitrogens is 2. The maximum atomic E-state index is 6.33. The molecule has 1 aromatic heterocycles. The van der Waals surface area contributed by atoms with Crippen LogP contribution in [0.4, 0.5) is 11.5 Å². The van der Waals surface area contributed by atoms with Crippen LogP contribution in [0.3, 0.4) is 0 Å². The number of piperidine rings is 1. The van der Waals surface area contributed by atoms with Crippen molar-refractivity contribution in [2.45, 2.75) is 25.7 Å². The fraction of sp³-hybridized carbons (Fsp3) is 0.375. The summed E-state index contributed by atoms with van der Waals surface area (Å²) in [4.78, 5) is 2.26. The van der Waals surface area contributed by atoms with Gasteiger partial charge in [0.05, 0.1) is 11.9 Å². The largest absolute Gasteiger partial charge is 0.369 e. The monoisotopic (exact) mass is 317 g/mol. The highest BCUT2D eigenvalue weighted by molar-refractivity contribution is 6.35. The van der Waals surface area contributed by atoms with Crippen molar-refractivity contribution in [1.82, 2.24) is 10.2 Å². The van der Waals surface area contributed by atoms with E-state index in [1.54, 1.807) is 6.20 Å². The topological polar surface area (TPSA) is 67.1 Å². The second kappa shape index (κ2) is 6.50. The second-order valence-electron chi connectivity index (χ2n) is 5.65. The molecule has 1 aromatic carbocycles. The molecule has 3 rings (SSSR count). The molecule has 0 atom stereocenters. The molecule has 6 heteroatoms. The van der Waals surface area contributed by atoms with Gasteiger partial charge < -0.3 is 10.3 Å². The van der Waals surface area contributed by atoms with E-state index in [1.165, 1.54) is 11.1 Å². The first-order valence-electron chi connectivity index (χ1n) is 7.49. The van der Waals surface area contributed by atoms with Crippen LogP contribution in [0.1, 0.15) is 29.9 Å². The number of nitrogens with zero attached hydrogens (tertiary/aromatic N) is 3. The maximum Gasteiger partial charge on any atom is 0.183 e. The van der Waals surface area contributed by atoms with Crippen molar-refractivity contribution in [3.63, 3.8) is 0 Å². The van der Waals surface area contributed by atoms with Gasteiger partial charge in [-0.05, 0) is 36.8 Å². The lowest BCUT2D eigenvalue weighted by Crippen LogP contribution is -2.33. The van der Waals surface area contributed by atoms with Crippen molar-refractivity contribution in [2.24, 2.45) is 5.84 Å². The fourth-order valence-corrected chi connectivity index (χ4v) is 3.41. The number of hydrogen-bond acceptors (Lipinski definition) is 5. The van der Waals surface area contributed by atoms with Gasteiger partial charge in [-0.2, -0.15) is 5.10 Å². The van der Waals surface area contributed by atoms with Crippen LogP contribution in [-0.2, 0) is 0 Å². The molecule has 5 nitrogen and oxygen atoms in total. The summed E-state index contributed by atoms with van der Waals surface area (Å²) in [5.74, 6) is 6.43. The minimum absolute atomic E-state index is 0.417. The van der Waals surface area contributed by atoms with Crippen molar-refractivity contribution < 1.29 is 0 Å². The summed E-state index contributed by atoms with van der Waals surface area (Å²) in [6.45, 7) is 4.09. The Bertz CT molecular complexity index is 653. The molecule has 1 aliphatic heterocycles. The summed E-state index contributed by atoms with van der Waals surface area (Å²) in [6, 6.07) is 8.65. The van der Waals surface area contributed by atoms with Gasteiger partial charge in [-0.25, -0.2) is 5.84 Å². The molecule has 2 aromatic rings. The Morgan fingerprint density at radius 1 is 1.27 bits per heavy atom.